The molecule has 0 saturated carbocycles. The summed E-state index contributed by atoms with van der Waals surface area (Å²) in [5.41, 5.74) is 2.71. The van der Waals surface area contributed by atoms with E-state index in [4.69, 9.17) is 14.6 Å². The Morgan fingerprint density at radius 2 is 1.75 bits per heavy atom. The molecular formula is C20H20O4. The van der Waals surface area contributed by atoms with Crippen LogP contribution in [0.2, 0.25) is 0 Å². The number of carboxylic acids is 1. The standard InChI is InChI=1S/C20H20O4/c1-23-18-12-10-17(14-19(18)24-2)16(11-13-20(21)22)9-8-15-6-4-3-5-7-15/h3-12,14H,13H2,1-2H3,(H,21,22)/b9-8+,16-11-. The molecule has 0 radical (unpaired) electrons. The van der Waals surface area contributed by atoms with Crippen LogP contribution in [0.3, 0.4) is 0 Å². The fourth-order valence-corrected chi connectivity index (χ4v) is 2.25. The van der Waals surface area contributed by atoms with Gasteiger partial charge in [0.05, 0.1) is 20.6 Å². The van der Waals surface area contributed by atoms with Gasteiger partial charge < -0.3 is 14.6 Å². The monoisotopic (exact) mass is 324 g/mol. The number of benzene rings is 2. The van der Waals surface area contributed by atoms with Crippen molar-refractivity contribution in [2.24, 2.45) is 0 Å². The number of carboxylic acid groups (broad SMARTS) is 1. The highest BCUT2D eigenvalue weighted by molar-refractivity contribution is 5.82. The first-order valence-electron chi connectivity index (χ1n) is 7.51. The number of hydrogen-bond acceptors (Lipinski definition) is 3. The summed E-state index contributed by atoms with van der Waals surface area (Å²) in [5.74, 6) is 0.358. The Hall–Kier alpha value is -3.01. The minimum Gasteiger partial charge on any atom is -0.493 e. The van der Waals surface area contributed by atoms with Gasteiger partial charge in [0.1, 0.15) is 0 Å². The number of methoxy groups -OCH3 is 2. The van der Waals surface area contributed by atoms with Gasteiger partial charge in [-0.2, -0.15) is 0 Å². The number of carbonyl (C=O) groups is 1. The smallest absolute Gasteiger partial charge is 0.307 e. The Bertz CT molecular complexity index is 745. The predicted molar refractivity (Wildman–Crippen MR) is 95.3 cm³/mol. The molecule has 4 heteroatoms. The summed E-state index contributed by atoms with van der Waals surface area (Å²) in [6.45, 7) is 0. The average Bonchev–Trinajstić information content (AvgIpc) is 2.62. The lowest BCUT2D eigenvalue weighted by molar-refractivity contribution is -0.135. The van der Waals surface area contributed by atoms with E-state index in [-0.39, 0.29) is 6.42 Å². The van der Waals surface area contributed by atoms with Gasteiger partial charge in [-0.1, -0.05) is 54.6 Å². The molecule has 0 amide bonds. The van der Waals surface area contributed by atoms with Crippen LogP contribution in [0.25, 0.3) is 11.6 Å². The molecule has 4 nitrogen and oxygen atoms in total. The third-order valence-electron chi connectivity index (χ3n) is 3.47. The lowest BCUT2D eigenvalue weighted by Gasteiger charge is -2.10. The second-order valence-corrected chi connectivity index (χ2v) is 5.07. The van der Waals surface area contributed by atoms with Gasteiger partial charge in [-0.3, -0.25) is 4.79 Å². The van der Waals surface area contributed by atoms with E-state index in [0.29, 0.717) is 11.5 Å². The topological polar surface area (TPSA) is 55.8 Å². The Labute approximate surface area is 141 Å². The van der Waals surface area contributed by atoms with Crippen LogP contribution < -0.4 is 9.47 Å². The molecular weight excluding hydrogens is 304 g/mol. The van der Waals surface area contributed by atoms with Crippen molar-refractivity contribution >= 4 is 17.6 Å². The molecule has 24 heavy (non-hydrogen) atoms. The van der Waals surface area contributed by atoms with E-state index in [2.05, 4.69) is 0 Å². The number of ether oxygens (including phenoxy) is 2. The maximum atomic E-state index is 10.9. The minimum absolute atomic E-state index is 0.0528. The average molecular weight is 324 g/mol. The Balaban J connectivity index is 2.37. The van der Waals surface area contributed by atoms with Crippen LogP contribution in [0.5, 0.6) is 11.5 Å². The molecule has 2 aromatic carbocycles. The maximum absolute atomic E-state index is 10.9. The van der Waals surface area contributed by atoms with E-state index in [1.165, 1.54) is 0 Å². The molecule has 2 rings (SSSR count). The summed E-state index contributed by atoms with van der Waals surface area (Å²) in [6, 6.07) is 15.4. The van der Waals surface area contributed by atoms with Gasteiger partial charge in [0.2, 0.25) is 0 Å². The third kappa shape index (κ3) is 4.74. The second-order valence-electron chi connectivity index (χ2n) is 5.07. The molecule has 0 atom stereocenters. The van der Waals surface area contributed by atoms with E-state index in [9.17, 15) is 4.79 Å². The zero-order chi connectivity index (χ0) is 17.4. The number of hydrogen-bond donors (Lipinski definition) is 1. The minimum atomic E-state index is -0.874. The van der Waals surface area contributed by atoms with Crippen molar-refractivity contribution in [3.8, 4) is 11.5 Å². The van der Waals surface area contributed by atoms with Crippen LogP contribution in [0.15, 0.2) is 60.7 Å². The molecule has 0 aliphatic rings. The van der Waals surface area contributed by atoms with E-state index in [1.54, 1.807) is 26.4 Å². The van der Waals surface area contributed by atoms with Crippen molar-refractivity contribution in [2.75, 3.05) is 14.2 Å². The van der Waals surface area contributed by atoms with Gasteiger partial charge >= 0.3 is 5.97 Å². The number of rotatable bonds is 7. The molecule has 0 bridgehead atoms. The molecule has 0 spiro atoms. The largest absolute Gasteiger partial charge is 0.493 e. The zero-order valence-electron chi connectivity index (χ0n) is 13.7. The summed E-state index contributed by atoms with van der Waals surface area (Å²) >= 11 is 0. The van der Waals surface area contributed by atoms with Crippen molar-refractivity contribution in [2.45, 2.75) is 6.42 Å². The summed E-state index contributed by atoms with van der Waals surface area (Å²) in [6.07, 6.45) is 5.48. The van der Waals surface area contributed by atoms with Gasteiger partial charge in [0.25, 0.3) is 0 Å². The molecule has 1 N–H and O–H groups in total. The third-order valence-corrected chi connectivity index (χ3v) is 3.47. The zero-order valence-corrected chi connectivity index (χ0v) is 13.7. The van der Waals surface area contributed by atoms with Crippen molar-refractivity contribution in [1.82, 2.24) is 0 Å². The lowest BCUT2D eigenvalue weighted by Crippen LogP contribution is -1.94. The maximum Gasteiger partial charge on any atom is 0.307 e. The second kappa shape index (κ2) is 8.58. The van der Waals surface area contributed by atoms with Gasteiger partial charge in [-0.25, -0.2) is 0 Å². The molecule has 0 saturated heterocycles. The van der Waals surface area contributed by atoms with Crippen molar-refractivity contribution in [3.05, 3.63) is 71.8 Å². The molecule has 0 aliphatic heterocycles. The quantitative estimate of drug-likeness (QED) is 0.773. The van der Waals surface area contributed by atoms with Crippen molar-refractivity contribution < 1.29 is 19.4 Å². The summed E-state index contributed by atoms with van der Waals surface area (Å²) in [4.78, 5) is 10.9. The van der Waals surface area contributed by atoms with Gasteiger partial charge in [0, 0.05) is 0 Å². The summed E-state index contributed by atoms with van der Waals surface area (Å²) in [5, 5.41) is 8.96. The number of allylic oxidation sites excluding steroid dienone is 2. The van der Waals surface area contributed by atoms with E-state index < -0.39 is 5.97 Å². The Kier molecular flexibility index (Phi) is 6.20. The summed E-state index contributed by atoms with van der Waals surface area (Å²) in [7, 11) is 3.15. The van der Waals surface area contributed by atoms with E-state index >= 15 is 0 Å². The van der Waals surface area contributed by atoms with Crippen molar-refractivity contribution in [3.63, 3.8) is 0 Å². The van der Waals surface area contributed by atoms with Gasteiger partial charge in [0.15, 0.2) is 11.5 Å². The van der Waals surface area contributed by atoms with E-state index in [0.717, 1.165) is 16.7 Å². The first-order valence-corrected chi connectivity index (χ1v) is 7.51. The molecule has 0 unspecified atom stereocenters. The highest BCUT2D eigenvalue weighted by Gasteiger charge is 2.07. The van der Waals surface area contributed by atoms with Crippen LogP contribution in [-0.4, -0.2) is 25.3 Å². The first kappa shape index (κ1) is 17.3. The Morgan fingerprint density at radius 1 is 1.04 bits per heavy atom. The molecule has 2 aromatic rings. The molecule has 124 valence electrons. The van der Waals surface area contributed by atoms with Crippen LogP contribution in [0.4, 0.5) is 0 Å². The van der Waals surface area contributed by atoms with Crippen LogP contribution in [-0.2, 0) is 4.79 Å². The lowest BCUT2D eigenvalue weighted by atomic mass is 10.0. The highest BCUT2D eigenvalue weighted by Crippen LogP contribution is 2.31. The first-order chi connectivity index (χ1) is 11.6. The fraction of sp³-hybridized carbons (Fsp3) is 0.150. The predicted octanol–water partition coefficient (Wildman–Crippen LogP) is 4.28. The van der Waals surface area contributed by atoms with Crippen LogP contribution in [0, 0.1) is 0 Å². The van der Waals surface area contributed by atoms with Crippen LogP contribution >= 0.6 is 0 Å². The van der Waals surface area contributed by atoms with Gasteiger partial charge in [-0.05, 0) is 28.8 Å². The van der Waals surface area contributed by atoms with Gasteiger partial charge in [-0.15, -0.1) is 0 Å². The molecule has 0 aliphatic carbocycles. The molecule has 0 heterocycles. The molecule has 0 fully saturated rings. The van der Waals surface area contributed by atoms with Crippen molar-refractivity contribution in [1.29, 1.82) is 0 Å². The SMILES string of the molecule is COc1ccc(C(=C\CC(=O)O)/C=C/c2ccccc2)cc1OC. The number of aliphatic carboxylic acids is 1. The van der Waals surface area contributed by atoms with E-state index in [1.807, 2.05) is 54.6 Å². The summed E-state index contributed by atoms with van der Waals surface area (Å²) < 4.78 is 10.6. The van der Waals surface area contributed by atoms with Crippen LogP contribution in [0.1, 0.15) is 17.5 Å². The Morgan fingerprint density at radius 3 is 2.38 bits per heavy atom. The fourth-order valence-electron chi connectivity index (χ4n) is 2.25. The normalized spacial score (nSPS) is 11.5. The molecule has 0 aromatic heterocycles. The highest BCUT2D eigenvalue weighted by atomic mass is 16.5.